The Bertz CT molecular complexity index is 970. The molecule has 1 atom stereocenters. The van der Waals surface area contributed by atoms with Gasteiger partial charge in [0.1, 0.15) is 0 Å². The molecule has 1 aliphatic rings. The Hall–Kier alpha value is -2.28. The number of hydrogen-bond acceptors (Lipinski definition) is 4. The van der Waals surface area contributed by atoms with Gasteiger partial charge in [-0.15, -0.1) is 0 Å². The zero-order valence-corrected chi connectivity index (χ0v) is 18.2. The van der Waals surface area contributed by atoms with Crippen molar-refractivity contribution in [2.75, 3.05) is 12.4 Å². The molecule has 1 aliphatic heterocycles. The van der Waals surface area contributed by atoms with Crippen molar-refractivity contribution in [1.29, 1.82) is 0 Å². The topological polar surface area (TPSA) is 56.2 Å². The van der Waals surface area contributed by atoms with E-state index in [1.54, 1.807) is 0 Å². The van der Waals surface area contributed by atoms with E-state index in [1.807, 2.05) is 48.7 Å². The van der Waals surface area contributed by atoms with E-state index in [0.29, 0.717) is 17.3 Å². The molecular weight excluding hydrogens is 418 g/mol. The molecule has 7 heteroatoms. The second-order valence-electron chi connectivity index (χ2n) is 7.23. The Morgan fingerprint density at radius 3 is 2.73 bits per heavy atom. The molecule has 30 heavy (non-hydrogen) atoms. The molecule has 2 heterocycles. The van der Waals surface area contributed by atoms with Crippen molar-refractivity contribution < 1.29 is 9.53 Å². The zero-order chi connectivity index (χ0) is 20.8. The molecule has 156 valence electrons. The van der Waals surface area contributed by atoms with Gasteiger partial charge in [-0.2, -0.15) is 0 Å². The van der Waals surface area contributed by atoms with E-state index in [1.165, 1.54) is 11.8 Å². The lowest BCUT2D eigenvalue weighted by atomic mass is 10.1. The summed E-state index contributed by atoms with van der Waals surface area (Å²) in [5.41, 5.74) is 3.18. The van der Waals surface area contributed by atoms with E-state index in [4.69, 9.17) is 16.3 Å². The zero-order valence-electron chi connectivity index (χ0n) is 16.6. The van der Waals surface area contributed by atoms with Crippen molar-refractivity contribution in [3.05, 3.63) is 71.4 Å². The van der Waals surface area contributed by atoms with Crippen LogP contribution in [0.25, 0.3) is 11.3 Å². The summed E-state index contributed by atoms with van der Waals surface area (Å²) in [6, 6.07) is 17.7. The lowest BCUT2D eigenvalue weighted by molar-refractivity contribution is -0.118. The molecule has 4 rings (SSSR count). The molecule has 1 aromatic heterocycles. The van der Waals surface area contributed by atoms with Crippen LogP contribution in [0.5, 0.6) is 0 Å². The number of benzene rings is 2. The summed E-state index contributed by atoms with van der Waals surface area (Å²) in [4.78, 5) is 17.0. The summed E-state index contributed by atoms with van der Waals surface area (Å²) in [6.45, 7) is 2.05. The number of imidazole rings is 1. The highest BCUT2D eigenvalue weighted by Crippen LogP contribution is 2.28. The van der Waals surface area contributed by atoms with Crippen LogP contribution in [-0.2, 0) is 22.6 Å². The van der Waals surface area contributed by atoms with Crippen molar-refractivity contribution in [3.63, 3.8) is 0 Å². The molecule has 1 amide bonds. The number of hydrogen-bond donors (Lipinski definition) is 1. The van der Waals surface area contributed by atoms with Gasteiger partial charge in [0.2, 0.25) is 5.91 Å². The Kier molecular flexibility index (Phi) is 7.10. The van der Waals surface area contributed by atoms with Crippen molar-refractivity contribution in [2.45, 2.75) is 37.2 Å². The molecule has 0 bridgehead atoms. The SMILES string of the molecule is O=C(CSc1ncc(-c2ccccc2)n1CC1CCCO1)NCc1ccc(Cl)cc1. The van der Waals surface area contributed by atoms with Gasteiger partial charge in [-0.3, -0.25) is 4.79 Å². The van der Waals surface area contributed by atoms with Crippen LogP contribution in [0.15, 0.2) is 66.0 Å². The average molecular weight is 442 g/mol. The maximum atomic E-state index is 12.4. The first kappa shape index (κ1) is 21.0. The summed E-state index contributed by atoms with van der Waals surface area (Å²) in [5.74, 6) is 0.285. The number of thioether (sulfide) groups is 1. The van der Waals surface area contributed by atoms with E-state index in [9.17, 15) is 4.79 Å². The number of nitrogens with one attached hydrogen (secondary N) is 1. The average Bonchev–Trinajstić information content (AvgIpc) is 3.43. The maximum absolute atomic E-state index is 12.4. The molecule has 2 aromatic carbocycles. The van der Waals surface area contributed by atoms with Crippen molar-refractivity contribution in [3.8, 4) is 11.3 Å². The van der Waals surface area contributed by atoms with Crippen molar-refractivity contribution in [2.24, 2.45) is 0 Å². The van der Waals surface area contributed by atoms with Crippen LogP contribution in [0.1, 0.15) is 18.4 Å². The molecule has 0 radical (unpaired) electrons. The number of amides is 1. The van der Waals surface area contributed by atoms with Crippen LogP contribution in [-0.4, -0.2) is 33.9 Å². The van der Waals surface area contributed by atoms with E-state index in [-0.39, 0.29) is 12.0 Å². The van der Waals surface area contributed by atoms with E-state index < -0.39 is 0 Å². The fraction of sp³-hybridized carbons (Fsp3) is 0.304. The molecule has 1 saturated heterocycles. The summed E-state index contributed by atoms with van der Waals surface area (Å²) in [7, 11) is 0. The molecule has 0 spiro atoms. The van der Waals surface area contributed by atoms with Gasteiger partial charge >= 0.3 is 0 Å². The number of ether oxygens (including phenoxy) is 1. The van der Waals surface area contributed by atoms with E-state index >= 15 is 0 Å². The van der Waals surface area contributed by atoms with Gasteiger partial charge in [0.25, 0.3) is 0 Å². The Labute approximate surface area is 185 Å². The van der Waals surface area contributed by atoms with E-state index in [2.05, 4.69) is 27.0 Å². The Morgan fingerprint density at radius 2 is 2.00 bits per heavy atom. The highest BCUT2D eigenvalue weighted by atomic mass is 35.5. The predicted octanol–water partition coefficient (Wildman–Crippen LogP) is 4.79. The van der Waals surface area contributed by atoms with Crippen LogP contribution in [0, 0.1) is 0 Å². The predicted molar refractivity (Wildman–Crippen MR) is 121 cm³/mol. The third kappa shape index (κ3) is 5.45. The fourth-order valence-electron chi connectivity index (χ4n) is 3.47. The molecule has 5 nitrogen and oxygen atoms in total. The van der Waals surface area contributed by atoms with Crippen molar-refractivity contribution in [1.82, 2.24) is 14.9 Å². The van der Waals surface area contributed by atoms with Crippen LogP contribution in [0.3, 0.4) is 0 Å². The number of rotatable bonds is 8. The first-order valence-corrected chi connectivity index (χ1v) is 11.4. The number of halogens is 1. The first-order chi connectivity index (χ1) is 14.7. The number of carbonyl (C=O) groups is 1. The number of nitrogens with zero attached hydrogens (tertiary/aromatic N) is 2. The van der Waals surface area contributed by atoms with Gasteiger partial charge in [-0.25, -0.2) is 4.98 Å². The minimum Gasteiger partial charge on any atom is -0.376 e. The number of carbonyl (C=O) groups excluding carboxylic acids is 1. The molecular formula is C23H24ClN3O2S. The second kappa shape index (κ2) is 10.2. The molecule has 1 unspecified atom stereocenters. The van der Waals surface area contributed by atoms with Crippen LogP contribution in [0.4, 0.5) is 0 Å². The smallest absolute Gasteiger partial charge is 0.230 e. The highest BCUT2D eigenvalue weighted by molar-refractivity contribution is 7.99. The molecule has 0 aliphatic carbocycles. The van der Waals surface area contributed by atoms with E-state index in [0.717, 1.165) is 48.0 Å². The Morgan fingerprint density at radius 1 is 1.20 bits per heavy atom. The lowest BCUT2D eigenvalue weighted by Crippen LogP contribution is -2.25. The normalized spacial score (nSPS) is 16.0. The summed E-state index contributed by atoms with van der Waals surface area (Å²) >= 11 is 7.36. The molecule has 1 fully saturated rings. The van der Waals surface area contributed by atoms with Crippen LogP contribution >= 0.6 is 23.4 Å². The van der Waals surface area contributed by atoms with Gasteiger partial charge in [0.15, 0.2) is 5.16 Å². The van der Waals surface area contributed by atoms with Gasteiger partial charge in [0, 0.05) is 18.2 Å². The lowest BCUT2D eigenvalue weighted by Gasteiger charge is -2.16. The summed E-state index contributed by atoms with van der Waals surface area (Å²) < 4.78 is 8.03. The standard InChI is InChI=1S/C23H24ClN3O2S/c24-19-10-8-17(9-11-19)13-25-22(28)16-30-23-26-14-21(18-5-2-1-3-6-18)27(23)15-20-7-4-12-29-20/h1-3,5-6,8-11,14,20H,4,7,12-13,15-16H2,(H,25,28). The minimum absolute atomic E-state index is 0.0251. The van der Waals surface area contributed by atoms with Crippen molar-refractivity contribution >= 4 is 29.3 Å². The van der Waals surface area contributed by atoms with Gasteiger partial charge in [-0.05, 0) is 36.1 Å². The monoisotopic (exact) mass is 441 g/mol. The third-order valence-electron chi connectivity index (χ3n) is 5.03. The largest absolute Gasteiger partial charge is 0.376 e. The van der Waals surface area contributed by atoms with Gasteiger partial charge in [-0.1, -0.05) is 65.8 Å². The minimum atomic E-state index is -0.0251. The Balaban J connectivity index is 1.41. The fourth-order valence-corrected chi connectivity index (χ4v) is 4.41. The summed E-state index contributed by atoms with van der Waals surface area (Å²) in [5, 5.41) is 4.48. The quantitative estimate of drug-likeness (QED) is 0.510. The maximum Gasteiger partial charge on any atom is 0.230 e. The highest BCUT2D eigenvalue weighted by Gasteiger charge is 2.21. The molecule has 1 N–H and O–H groups in total. The summed E-state index contributed by atoms with van der Waals surface area (Å²) in [6.07, 6.45) is 4.23. The second-order valence-corrected chi connectivity index (χ2v) is 8.61. The third-order valence-corrected chi connectivity index (χ3v) is 6.28. The van der Waals surface area contributed by atoms with Gasteiger partial charge < -0.3 is 14.6 Å². The first-order valence-electron chi connectivity index (χ1n) is 10.1. The number of aromatic nitrogens is 2. The van der Waals surface area contributed by atoms with Crippen LogP contribution < -0.4 is 5.32 Å². The molecule has 0 saturated carbocycles. The van der Waals surface area contributed by atoms with Gasteiger partial charge in [0.05, 0.1) is 30.3 Å². The molecule has 3 aromatic rings. The van der Waals surface area contributed by atoms with Crippen LogP contribution in [0.2, 0.25) is 5.02 Å².